The SMILES string of the molecule is CC(NC(=O)Cc1[nH]c(=S)n2c1C[C@H](c1c(F)ccc(Br)c1F)C2)C1CCCCC1. The minimum atomic E-state index is -0.568. The number of amides is 1. The Hall–Kier alpha value is -1.54. The summed E-state index contributed by atoms with van der Waals surface area (Å²) in [5.41, 5.74) is 1.68. The lowest BCUT2D eigenvalue weighted by Crippen LogP contribution is -2.39. The third-order valence-electron chi connectivity index (χ3n) is 6.59. The van der Waals surface area contributed by atoms with E-state index in [9.17, 15) is 13.6 Å². The summed E-state index contributed by atoms with van der Waals surface area (Å²) in [6, 6.07) is 2.80. The molecule has 2 N–H and O–H groups in total. The summed E-state index contributed by atoms with van der Waals surface area (Å²) in [5, 5.41) is 3.14. The van der Waals surface area contributed by atoms with E-state index in [2.05, 4.69) is 33.2 Å². The highest BCUT2D eigenvalue weighted by Gasteiger charge is 2.32. The van der Waals surface area contributed by atoms with Crippen LogP contribution in [0.2, 0.25) is 0 Å². The van der Waals surface area contributed by atoms with Crippen molar-refractivity contribution >= 4 is 34.1 Å². The number of benzene rings is 1. The van der Waals surface area contributed by atoms with Gasteiger partial charge >= 0.3 is 0 Å². The molecule has 2 aromatic rings. The number of rotatable bonds is 5. The fraction of sp³-hybridized carbons (Fsp3) is 0.545. The zero-order chi connectivity index (χ0) is 21.4. The van der Waals surface area contributed by atoms with Crippen LogP contribution in [0.1, 0.15) is 61.9 Å². The maximum atomic E-state index is 14.6. The molecule has 2 atom stereocenters. The van der Waals surface area contributed by atoms with E-state index in [4.69, 9.17) is 12.2 Å². The van der Waals surface area contributed by atoms with Gasteiger partial charge in [-0.15, -0.1) is 0 Å². The Morgan fingerprint density at radius 1 is 1.33 bits per heavy atom. The van der Waals surface area contributed by atoms with Gasteiger partial charge in [-0.05, 0) is 72.4 Å². The number of halogens is 3. The van der Waals surface area contributed by atoms with Crippen molar-refractivity contribution in [2.24, 2.45) is 5.92 Å². The molecule has 0 radical (unpaired) electrons. The van der Waals surface area contributed by atoms with Crippen LogP contribution in [0.4, 0.5) is 8.78 Å². The first-order chi connectivity index (χ1) is 14.3. The molecule has 1 aliphatic carbocycles. The van der Waals surface area contributed by atoms with Gasteiger partial charge < -0.3 is 14.9 Å². The van der Waals surface area contributed by atoms with Gasteiger partial charge in [0.2, 0.25) is 5.91 Å². The molecule has 0 bridgehead atoms. The Morgan fingerprint density at radius 3 is 2.80 bits per heavy atom. The maximum absolute atomic E-state index is 14.6. The fourth-order valence-electron chi connectivity index (χ4n) is 4.97. The predicted molar refractivity (Wildman–Crippen MR) is 118 cm³/mol. The van der Waals surface area contributed by atoms with E-state index >= 15 is 0 Å². The lowest BCUT2D eigenvalue weighted by Gasteiger charge is -2.28. The average molecular weight is 498 g/mol. The molecule has 1 amide bonds. The van der Waals surface area contributed by atoms with Gasteiger partial charge in [0.25, 0.3) is 0 Å². The summed E-state index contributed by atoms with van der Waals surface area (Å²) in [4.78, 5) is 15.8. The molecule has 1 aromatic carbocycles. The lowest BCUT2D eigenvalue weighted by molar-refractivity contribution is -0.121. The predicted octanol–water partition coefficient (Wildman–Crippen LogP) is 5.55. The van der Waals surface area contributed by atoms with Gasteiger partial charge in [-0.1, -0.05) is 19.3 Å². The molecule has 4 rings (SSSR count). The van der Waals surface area contributed by atoms with E-state index in [0.717, 1.165) is 24.2 Å². The Morgan fingerprint density at radius 2 is 2.07 bits per heavy atom. The molecule has 1 unspecified atom stereocenters. The van der Waals surface area contributed by atoms with E-state index < -0.39 is 11.6 Å². The third kappa shape index (κ3) is 4.26. The summed E-state index contributed by atoms with van der Waals surface area (Å²) in [5.74, 6) is -0.983. The normalized spacial score (nSPS) is 20.2. The zero-order valence-corrected chi connectivity index (χ0v) is 19.3. The van der Waals surface area contributed by atoms with Crippen molar-refractivity contribution < 1.29 is 13.6 Å². The van der Waals surface area contributed by atoms with Gasteiger partial charge in [0.1, 0.15) is 11.6 Å². The molecule has 2 heterocycles. The number of aromatic nitrogens is 2. The first-order valence-electron chi connectivity index (χ1n) is 10.6. The molecule has 0 spiro atoms. The molecule has 4 nitrogen and oxygen atoms in total. The smallest absolute Gasteiger partial charge is 0.226 e. The van der Waals surface area contributed by atoms with Crippen LogP contribution in [0.25, 0.3) is 0 Å². The number of hydrogen-bond donors (Lipinski definition) is 2. The lowest BCUT2D eigenvalue weighted by atomic mass is 9.84. The zero-order valence-electron chi connectivity index (χ0n) is 16.9. The van der Waals surface area contributed by atoms with E-state index in [-0.39, 0.29) is 34.3 Å². The molecular weight excluding hydrogens is 472 g/mol. The fourth-order valence-corrected chi connectivity index (χ4v) is 5.63. The van der Waals surface area contributed by atoms with Crippen LogP contribution in [0.15, 0.2) is 16.6 Å². The Labute approximate surface area is 188 Å². The summed E-state index contributed by atoms with van der Waals surface area (Å²) in [6.07, 6.45) is 6.71. The minimum absolute atomic E-state index is 0.0454. The van der Waals surface area contributed by atoms with Crippen LogP contribution in [0.3, 0.4) is 0 Å². The molecule has 1 saturated carbocycles. The van der Waals surface area contributed by atoms with E-state index in [1.807, 2.05) is 4.57 Å². The van der Waals surface area contributed by atoms with Gasteiger partial charge in [-0.25, -0.2) is 8.78 Å². The average Bonchev–Trinajstić information content (AvgIpc) is 3.27. The molecule has 30 heavy (non-hydrogen) atoms. The second-order valence-electron chi connectivity index (χ2n) is 8.55. The van der Waals surface area contributed by atoms with Gasteiger partial charge in [-0.2, -0.15) is 0 Å². The number of fused-ring (bicyclic) bond motifs is 1. The monoisotopic (exact) mass is 497 g/mol. The number of aromatic amines is 1. The summed E-state index contributed by atoms with van der Waals surface area (Å²) in [7, 11) is 0. The van der Waals surface area contributed by atoms with Crippen molar-refractivity contribution in [3.63, 3.8) is 0 Å². The van der Waals surface area contributed by atoms with Gasteiger partial charge in [-0.3, -0.25) is 4.79 Å². The maximum Gasteiger partial charge on any atom is 0.226 e. The van der Waals surface area contributed by atoms with E-state index in [0.29, 0.717) is 23.7 Å². The second-order valence-corrected chi connectivity index (χ2v) is 9.80. The highest BCUT2D eigenvalue weighted by atomic mass is 79.9. The summed E-state index contributed by atoms with van der Waals surface area (Å²) in [6.45, 7) is 2.48. The van der Waals surface area contributed by atoms with Gasteiger partial charge in [0.15, 0.2) is 4.77 Å². The van der Waals surface area contributed by atoms with Crippen molar-refractivity contribution in [2.45, 2.75) is 70.4 Å². The van der Waals surface area contributed by atoms with E-state index in [1.54, 1.807) is 0 Å². The quantitative estimate of drug-likeness (QED) is 0.419. The molecule has 2 aliphatic rings. The van der Waals surface area contributed by atoms with E-state index in [1.165, 1.54) is 31.4 Å². The van der Waals surface area contributed by atoms with Gasteiger partial charge in [0.05, 0.1) is 10.9 Å². The first-order valence-corrected chi connectivity index (χ1v) is 11.8. The Kier molecular flexibility index (Phi) is 6.44. The highest BCUT2D eigenvalue weighted by Crippen LogP contribution is 2.36. The van der Waals surface area contributed by atoms with Crippen LogP contribution in [-0.2, 0) is 24.2 Å². The molecule has 8 heteroatoms. The Balaban J connectivity index is 1.48. The summed E-state index contributed by atoms with van der Waals surface area (Å²) >= 11 is 8.56. The number of carbonyl (C=O) groups is 1. The van der Waals surface area contributed by atoms with Gasteiger partial charge in [0, 0.05) is 35.5 Å². The van der Waals surface area contributed by atoms with Crippen molar-refractivity contribution in [1.29, 1.82) is 0 Å². The highest BCUT2D eigenvalue weighted by molar-refractivity contribution is 9.10. The number of nitrogens with one attached hydrogen (secondary N) is 2. The number of H-pyrrole nitrogens is 1. The van der Waals surface area contributed by atoms with Crippen molar-refractivity contribution in [3.8, 4) is 0 Å². The van der Waals surface area contributed by atoms with Crippen LogP contribution in [-0.4, -0.2) is 21.5 Å². The largest absolute Gasteiger partial charge is 0.353 e. The number of hydrogen-bond acceptors (Lipinski definition) is 2. The Bertz CT molecular complexity index is 1010. The van der Waals surface area contributed by atoms with Crippen LogP contribution in [0, 0.1) is 22.3 Å². The van der Waals surface area contributed by atoms with Crippen LogP contribution < -0.4 is 5.32 Å². The van der Waals surface area contributed by atoms with Crippen LogP contribution >= 0.6 is 28.1 Å². The molecule has 1 aromatic heterocycles. The molecule has 1 fully saturated rings. The second kappa shape index (κ2) is 8.91. The minimum Gasteiger partial charge on any atom is -0.353 e. The van der Waals surface area contributed by atoms with Crippen LogP contribution in [0.5, 0.6) is 0 Å². The van der Waals surface area contributed by atoms with Crippen molar-refractivity contribution in [2.75, 3.05) is 0 Å². The summed E-state index contributed by atoms with van der Waals surface area (Å²) < 4.78 is 31.6. The molecule has 162 valence electrons. The molecular formula is C22H26BrF2N3OS. The third-order valence-corrected chi connectivity index (χ3v) is 7.53. The molecule has 0 saturated heterocycles. The standard InChI is InChI=1S/C22H26BrF2N3OS/c1-12(13-5-3-2-4-6-13)26-19(29)10-17-18-9-14(11-28(18)22(30)27-17)20-16(24)8-7-15(23)21(20)25/h7-8,12-14H,2-6,9-11H2,1H3,(H,26,29)(H,27,30)/t12?,14-/m0/s1. The topological polar surface area (TPSA) is 49.8 Å². The number of imidazole rings is 1. The number of nitrogens with zero attached hydrogens (tertiary/aromatic N) is 1. The van der Waals surface area contributed by atoms with Crippen molar-refractivity contribution in [3.05, 3.63) is 50.0 Å². The first kappa shape index (κ1) is 21.7. The number of carbonyl (C=O) groups excluding carboxylic acids is 1. The molecule has 1 aliphatic heterocycles. The van der Waals surface area contributed by atoms with Crippen molar-refractivity contribution in [1.82, 2.24) is 14.9 Å².